The second kappa shape index (κ2) is 8.43. The molecule has 3 aromatic rings. The molecule has 32 heavy (non-hydrogen) atoms. The average Bonchev–Trinajstić information content (AvgIpc) is 3.01. The van der Waals surface area contributed by atoms with Crippen molar-refractivity contribution in [1.29, 1.82) is 0 Å². The lowest BCUT2D eigenvalue weighted by atomic mass is 10.0. The lowest BCUT2D eigenvalue weighted by Crippen LogP contribution is -2.32. The third-order valence-corrected chi connectivity index (χ3v) is 5.14. The van der Waals surface area contributed by atoms with E-state index in [2.05, 4.69) is 5.32 Å². The van der Waals surface area contributed by atoms with E-state index < -0.39 is 22.6 Å². The number of amides is 2. The number of nitro benzene ring substituents is 1. The molecule has 7 nitrogen and oxygen atoms in total. The molecule has 1 aliphatic rings. The van der Waals surface area contributed by atoms with E-state index >= 15 is 0 Å². The van der Waals surface area contributed by atoms with E-state index in [1.807, 2.05) is 19.1 Å². The van der Waals surface area contributed by atoms with Gasteiger partial charge in [-0.3, -0.25) is 24.6 Å². The summed E-state index contributed by atoms with van der Waals surface area (Å²) in [5, 5.41) is 14.0. The zero-order valence-corrected chi connectivity index (χ0v) is 17.0. The Morgan fingerprint density at radius 3 is 2.22 bits per heavy atom. The minimum absolute atomic E-state index is 0.0315. The van der Waals surface area contributed by atoms with Crippen LogP contribution in [0.15, 0.2) is 78.5 Å². The van der Waals surface area contributed by atoms with Gasteiger partial charge in [0, 0.05) is 23.4 Å². The quantitative estimate of drug-likeness (QED) is 0.354. The van der Waals surface area contributed by atoms with E-state index in [9.17, 15) is 24.1 Å². The zero-order chi connectivity index (χ0) is 22.8. The van der Waals surface area contributed by atoms with Crippen molar-refractivity contribution in [1.82, 2.24) is 4.90 Å². The molecule has 0 bridgehead atoms. The first-order valence-electron chi connectivity index (χ1n) is 9.77. The molecule has 0 aromatic heterocycles. The first-order chi connectivity index (χ1) is 15.3. The van der Waals surface area contributed by atoms with Crippen LogP contribution in [0.4, 0.5) is 15.8 Å². The lowest BCUT2D eigenvalue weighted by Gasteiger charge is -2.16. The highest BCUT2D eigenvalue weighted by Crippen LogP contribution is 2.32. The normalized spacial score (nSPS) is 13.6. The molecule has 0 spiro atoms. The zero-order valence-electron chi connectivity index (χ0n) is 17.0. The van der Waals surface area contributed by atoms with Gasteiger partial charge in [0.15, 0.2) is 0 Å². The van der Waals surface area contributed by atoms with E-state index in [1.54, 1.807) is 18.2 Å². The number of anilines is 1. The monoisotopic (exact) mass is 431 g/mol. The smallest absolute Gasteiger partial charge is 0.278 e. The van der Waals surface area contributed by atoms with Gasteiger partial charge in [-0.05, 0) is 42.8 Å². The standard InChI is InChI=1S/C24H18FN3O4/c1-15-6-10-18(11-7-15)26-22-21(16-8-12-19(13-9-16)28(31)32)23(29)27(24(22)30)14-17-4-2-3-5-20(17)25/h2-13,26H,14H2,1H3. The van der Waals surface area contributed by atoms with Crippen LogP contribution >= 0.6 is 0 Å². The highest BCUT2D eigenvalue weighted by Gasteiger charge is 2.39. The van der Waals surface area contributed by atoms with Crippen LogP contribution in [0.2, 0.25) is 0 Å². The molecule has 1 aliphatic heterocycles. The number of nitrogens with one attached hydrogen (secondary N) is 1. The number of rotatable bonds is 6. The van der Waals surface area contributed by atoms with E-state index in [1.165, 1.54) is 42.5 Å². The van der Waals surface area contributed by atoms with Gasteiger partial charge in [0.1, 0.15) is 11.5 Å². The number of benzene rings is 3. The number of aryl methyl sites for hydroxylation is 1. The molecule has 160 valence electrons. The van der Waals surface area contributed by atoms with Crippen LogP contribution in [0, 0.1) is 22.9 Å². The number of halogens is 1. The highest BCUT2D eigenvalue weighted by atomic mass is 19.1. The predicted octanol–water partition coefficient (Wildman–Crippen LogP) is 4.43. The summed E-state index contributed by atoms with van der Waals surface area (Å²) in [4.78, 5) is 37.9. The molecule has 0 saturated heterocycles. The van der Waals surface area contributed by atoms with Gasteiger partial charge in [-0.2, -0.15) is 0 Å². The van der Waals surface area contributed by atoms with Gasteiger partial charge in [-0.25, -0.2) is 4.39 Å². The van der Waals surface area contributed by atoms with Gasteiger partial charge in [0.2, 0.25) is 0 Å². The summed E-state index contributed by atoms with van der Waals surface area (Å²) in [6.07, 6.45) is 0. The van der Waals surface area contributed by atoms with Crippen LogP contribution in [0.1, 0.15) is 16.7 Å². The maximum Gasteiger partial charge on any atom is 0.278 e. The number of carbonyl (C=O) groups excluding carboxylic acids is 2. The molecule has 4 rings (SSSR count). The third-order valence-electron chi connectivity index (χ3n) is 5.14. The molecule has 1 heterocycles. The number of nitro groups is 1. The molecule has 0 radical (unpaired) electrons. The summed E-state index contributed by atoms with van der Waals surface area (Å²) in [5.41, 5.74) is 2.13. The third kappa shape index (κ3) is 3.98. The Kier molecular flexibility index (Phi) is 5.51. The SMILES string of the molecule is Cc1ccc(NC2=C(c3ccc([N+](=O)[O-])cc3)C(=O)N(Cc3ccccc3F)C2=O)cc1. The number of hydrogen-bond donors (Lipinski definition) is 1. The molecule has 2 amide bonds. The van der Waals surface area contributed by atoms with Crippen molar-refractivity contribution >= 4 is 28.8 Å². The van der Waals surface area contributed by atoms with Crippen LogP contribution in [-0.2, 0) is 16.1 Å². The van der Waals surface area contributed by atoms with Gasteiger partial charge in [0.25, 0.3) is 17.5 Å². The minimum Gasteiger partial charge on any atom is -0.350 e. The number of hydrogen-bond acceptors (Lipinski definition) is 5. The van der Waals surface area contributed by atoms with Crippen molar-refractivity contribution in [3.05, 3.63) is 111 Å². The predicted molar refractivity (Wildman–Crippen MR) is 117 cm³/mol. The summed E-state index contributed by atoms with van der Waals surface area (Å²) in [7, 11) is 0. The molecule has 0 aliphatic carbocycles. The molecule has 1 N–H and O–H groups in total. The molecule has 0 fully saturated rings. The first kappa shape index (κ1) is 20.9. The Bertz CT molecular complexity index is 1250. The molecule has 0 unspecified atom stereocenters. The fourth-order valence-electron chi connectivity index (χ4n) is 3.43. The van der Waals surface area contributed by atoms with E-state index in [0.717, 1.165) is 10.5 Å². The summed E-state index contributed by atoms with van der Waals surface area (Å²) in [6, 6.07) is 18.5. The lowest BCUT2D eigenvalue weighted by molar-refractivity contribution is -0.384. The summed E-state index contributed by atoms with van der Waals surface area (Å²) >= 11 is 0. The first-order valence-corrected chi connectivity index (χ1v) is 9.77. The Labute approximate surface area is 182 Å². The van der Waals surface area contributed by atoms with Crippen molar-refractivity contribution in [3.63, 3.8) is 0 Å². The Hall–Kier alpha value is -4.33. The molecular weight excluding hydrogens is 413 g/mol. The fourth-order valence-corrected chi connectivity index (χ4v) is 3.43. The Morgan fingerprint density at radius 1 is 0.938 bits per heavy atom. The topological polar surface area (TPSA) is 92.6 Å². The Morgan fingerprint density at radius 2 is 1.59 bits per heavy atom. The van der Waals surface area contributed by atoms with E-state index in [4.69, 9.17) is 0 Å². The van der Waals surface area contributed by atoms with Gasteiger partial charge in [0.05, 0.1) is 17.0 Å². The maximum atomic E-state index is 14.2. The van der Waals surface area contributed by atoms with E-state index in [0.29, 0.717) is 11.3 Å². The molecular formula is C24H18FN3O4. The van der Waals surface area contributed by atoms with Crippen molar-refractivity contribution in [3.8, 4) is 0 Å². The maximum absolute atomic E-state index is 14.2. The number of nitrogens with zero attached hydrogens (tertiary/aromatic N) is 2. The van der Waals surface area contributed by atoms with Gasteiger partial charge >= 0.3 is 0 Å². The van der Waals surface area contributed by atoms with Crippen LogP contribution in [0.3, 0.4) is 0 Å². The van der Waals surface area contributed by atoms with Gasteiger partial charge in [-0.15, -0.1) is 0 Å². The summed E-state index contributed by atoms with van der Waals surface area (Å²) < 4.78 is 14.2. The van der Waals surface area contributed by atoms with Gasteiger partial charge < -0.3 is 5.32 Å². The van der Waals surface area contributed by atoms with Crippen molar-refractivity contribution in [2.24, 2.45) is 0 Å². The van der Waals surface area contributed by atoms with Crippen LogP contribution in [-0.4, -0.2) is 21.6 Å². The van der Waals surface area contributed by atoms with E-state index in [-0.39, 0.29) is 29.1 Å². The molecule has 0 atom stereocenters. The molecule has 3 aromatic carbocycles. The molecule has 0 saturated carbocycles. The largest absolute Gasteiger partial charge is 0.350 e. The number of imide groups is 1. The van der Waals surface area contributed by atoms with Crippen LogP contribution in [0.5, 0.6) is 0 Å². The highest BCUT2D eigenvalue weighted by molar-refractivity contribution is 6.36. The average molecular weight is 431 g/mol. The number of non-ortho nitro benzene ring substituents is 1. The second-order valence-corrected chi connectivity index (χ2v) is 7.33. The summed E-state index contributed by atoms with van der Waals surface area (Å²) in [6.45, 7) is 1.69. The van der Waals surface area contributed by atoms with Crippen molar-refractivity contribution in [2.45, 2.75) is 13.5 Å². The number of carbonyl (C=O) groups is 2. The fraction of sp³-hybridized carbons (Fsp3) is 0.0833. The Balaban J connectivity index is 1.75. The van der Waals surface area contributed by atoms with Crippen LogP contribution < -0.4 is 5.32 Å². The van der Waals surface area contributed by atoms with Crippen molar-refractivity contribution < 1.29 is 18.9 Å². The summed E-state index contributed by atoms with van der Waals surface area (Å²) in [5.74, 6) is -1.74. The molecule has 8 heteroatoms. The minimum atomic E-state index is -0.610. The van der Waals surface area contributed by atoms with Crippen LogP contribution in [0.25, 0.3) is 5.57 Å². The van der Waals surface area contributed by atoms with Gasteiger partial charge in [-0.1, -0.05) is 35.9 Å². The van der Waals surface area contributed by atoms with Crippen molar-refractivity contribution in [2.75, 3.05) is 5.32 Å². The second-order valence-electron chi connectivity index (χ2n) is 7.33.